The highest BCUT2D eigenvalue weighted by molar-refractivity contribution is 6.30. The second-order valence-electron chi connectivity index (χ2n) is 6.18. The van der Waals surface area contributed by atoms with Gasteiger partial charge >= 0.3 is 5.97 Å². The van der Waals surface area contributed by atoms with Crippen LogP contribution < -0.4 is 5.73 Å². The summed E-state index contributed by atoms with van der Waals surface area (Å²) in [4.78, 5) is 42.4. The van der Waals surface area contributed by atoms with E-state index in [4.69, 9.17) is 22.2 Å². The first kappa shape index (κ1) is 18.1. The van der Waals surface area contributed by atoms with E-state index in [-0.39, 0.29) is 42.5 Å². The summed E-state index contributed by atoms with van der Waals surface area (Å²) in [6.45, 7) is -0.0140. The number of rotatable bonds is 5. The number of imide groups is 1. The maximum Gasteiger partial charge on any atom is 0.336 e. The second kappa shape index (κ2) is 7.70. The lowest BCUT2D eigenvalue weighted by atomic mass is 9.85. The van der Waals surface area contributed by atoms with Crippen molar-refractivity contribution in [1.29, 1.82) is 0 Å². The predicted molar refractivity (Wildman–Crippen MR) is 95.0 cm³/mol. The van der Waals surface area contributed by atoms with Crippen LogP contribution >= 0.6 is 11.6 Å². The quantitative estimate of drug-likeness (QED) is 0.211. The van der Waals surface area contributed by atoms with Crippen LogP contribution in [0.4, 0.5) is 0 Å². The number of oxime groups is 1. The van der Waals surface area contributed by atoms with Gasteiger partial charge in [-0.2, -0.15) is 0 Å². The number of allylic oxidation sites excluding steroid dienone is 2. The maximum absolute atomic E-state index is 12.3. The molecular weight excluding hydrogens is 358 g/mol. The molecule has 1 aromatic carbocycles. The first-order chi connectivity index (χ1) is 12.5. The third-order valence-electron chi connectivity index (χ3n) is 4.52. The molecule has 0 unspecified atom stereocenters. The standard InChI is InChI=1S/C18H18ClN3O4/c19-12-7-5-11(6-8-12)16(20)21-26-15(23)9-10-22-17(24)13-3-1-2-4-14(13)18(22)25/h1-2,5-8,13-14H,3-4,9-10H2,(H2,20,21)/t13-,14-/m1/s1. The van der Waals surface area contributed by atoms with Crippen molar-refractivity contribution in [2.75, 3.05) is 6.54 Å². The van der Waals surface area contributed by atoms with Gasteiger partial charge in [0.05, 0.1) is 18.3 Å². The Labute approximate surface area is 155 Å². The second-order valence-corrected chi connectivity index (χ2v) is 6.62. The fourth-order valence-corrected chi connectivity index (χ4v) is 3.24. The van der Waals surface area contributed by atoms with E-state index in [0.717, 1.165) is 4.90 Å². The smallest absolute Gasteiger partial charge is 0.336 e. The Morgan fingerprint density at radius 3 is 2.31 bits per heavy atom. The van der Waals surface area contributed by atoms with Crippen LogP contribution in [0.5, 0.6) is 0 Å². The molecule has 1 fully saturated rings. The molecule has 8 heteroatoms. The third kappa shape index (κ3) is 3.77. The first-order valence-electron chi connectivity index (χ1n) is 8.27. The number of hydrogen-bond donors (Lipinski definition) is 1. The minimum Gasteiger partial charge on any atom is -0.380 e. The van der Waals surface area contributed by atoms with Gasteiger partial charge in [-0.25, -0.2) is 4.79 Å². The molecule has 2 N–H and O–H groups in total. The molecule has 0 radical (unpaired) electrons. The zero-order valence-corrected chi connectivity index (χ0v) is 14.7. The third-order valence-corrected chi connectivity index (χ3v) is 4.78. The minimum atomic E-state index is -0.671. The van der Waals surface area contributed by atoms with E-state index in [1.807, 2.05) is 12.2 Å². The van der Waals surface area contributed by atoms with E-state index < -0.39 is 5.97 Å². The van der Waals surface area contributed by atoms with Crippen molar-refractivity contribution in [2.45, 2.75) is 19.3 Å². The number of carbonyl (C=O) groups excluding carboxylic acids is 3. The minimum absolute atomic E-state index is 0.0140. The van der Waals surface area contributed by atoms with Gasteiger partial charge in [-0.3, -0.25) is 14.5 Å². The molecule has 2 aliphatic rings. The molecule has 0 aromatic heterocycles. The van der Waals surface area contributed by atoms with Crippen molar-refractivity contribution in [3.63, 3.8) is 0 Å². The van der Waals surface area contributed by atoms with Gasteiger partial charge in [0.15, 0.2) is 5.84 Å². The molecule has 0 spiro atoms. The molecule has 0 bridgehead atoms. The molecule has 1 saturated heterocycles. The molecule has 136 valence electrons. The van der Waals surface area contributed by atoms with Crippen molar-refractivity contribution in [2.24, 2.45) is 22.7 Å². The van der Waals surface area contributed by atoms with Crippen molar-refractivity contribution < 1.29 is 19.2 Å². The number of fused-ring (bicyclic) bond motifs is 1. The number of halogens is 1. The van der Waals surface area contributed by atoms with E-state index in [2.05, 4.69) is 5.16 Å². The summed E-state index contributed by atoms with van der Waals surface area (Å²) < 4.78 is 0. The van der Waals surface area contributed by atoms with Crippen molar-refractivity contribution in [3.05, 3.63) is 47.0 Å². The highest BCUT2D eigenvalue weighted by atomic mass is 35.5. The zero-order chi connectivity index (χ0) is 18.7. The fourth-order valence-electron chi connectivity index (χ4n) is 3.11. The lowest BCUT2D eigenvalue weighted by Gasteiger charge is -2.14. The summed E-state index contributed by atoms with van der Waals surface area (Å²) in [7, 11) is 0. The van der Waals surface area contributed by atoms with Crippen LogP contribution in [0.1, 0.15) is 24.8 Å². The van der Waals surface area contributed by atoms with Crippen LogP contribution in [-0.2, 0) is 19.2 Å². The molecule has 3 rings (SSSR count). The number of amidine groups is 1. The number of likely N-dealkylation sites (tertiary alicyclic amines) is 1. The number of carbonyl (C=O) groups is 3. The van der Waals surface area contributed by atoms with Crippen LogP contribution in [0.15, 0.2) is 41.6 Å². The molecular formula is C18H18ClN3O4. The average molecular weight is 376 g/mol. The van der Waals surface area contributed by atoms with Crippen LogP contribution in [0.3, 0.4) is 0 Å². The summed E-state index contributed by atoms with van der Waals surface area (Å²) in [5.74, 6) is -1.69. The summed E-state index contributed by atoms with van der Waals surface area (Å²) in [5, 5.41) is 4.13. The summed E-state index contributed by atoms with van der Waals surface area (Å²) in [6, 6.07) is 6.57. The van der Waals surface area contributed by atoms with E-state index >= 15 is 0 Å². The number of nitrogens with two attached hydrogens (primary N) is 1. The SMILES string of the molecule is N/C(=N/OC(=O)CCN1C(=O)[C@@H]2CC=CC[C@H]2C1=O)c1ccc(Cl)cc1. The van der Waals surface area contributed by atoms with Crippen LogP contribution in [-0.4, -0.2) is 35.1 Å². The van der Waals surface area contributed by atoms with Crippen molar-refractivity contribution in [3.8, 4) is 0 Å². The van der Waals surface area contributed by atoms with Crippen LogP contribution in [0.25, 0.3) is 0 Å². The Balaban J connectivity index is 1.53. The van der Waals surface area contributed by atoms with Gasteiger partial charge in [-0.15, -0.1) is 0 Å². The van der Waals surface area contributed by atoms with Gasteiger partial charge in [0.1, 0.15) is 0 Å². The van der Waals surface area contributed by atoms with Gasteiger partial charge in [-0.1, -0.05) is 28.9 Å². The Bertz CT molecular complexity index is 762. The summed E-state index contributed by atoms with van der Waals surface area (Å²) in [6.07, 6.45) is 4.83. The van der Waals surface area contributed by atoms with Crippen molar-refractivity contribution in [1.82, 2.24) is 4.90 Å². The zero-order valence-electron chi connectivity index (χ0n) is 13.9. The highest BCUT2D eigenvalue weighted by Gasteiger charge is 2.46. The molecule has 26 heavy (non-hydrogen) atoms. The van der Waals surface area contributed by atoms with E-state index in [0.29, 0.717) is 23.4 Å². The number of nitrogens with zero attached hydrogens (tertiary/aromatic N) is 2. The molecule has 1 aliphatic heterocycles. The number of benzene rings is 1. The van der Waals surface area contributed by atoms with Crippen LogP contribution in [0.2, 0.25) is 5.02 Å². The number of hydrogen-bond acceptors (Lipinski definition) is 5. The molecule has 1 heterocycles. The predicted octanol–water partition coefficient (Wildman–Crippen LogP) is 1.84. The van der Waals surface area contributed by atoms with Crippen LogP contribution in [0, 0.1) is 11.8 Å². The van der Waals surface area contributed by atoms with Crippen molar-refractivity contribution >= 4 is 35.2 Å². The van der Waals surface area contributed by atoms with Gasteiger partial charge < -0.3 is 10.6 Å². The van der Waals surface area contributed by atoms with E-state index in [1.54, 1.807) is 24.3 Å². The van der Waals surface area contributed by atoms with Gasteiger partial charge in [-0.05, 0) is 37.1 Å². The molecule has 1 aliphatic carbocycles. The number of amides is 2. The summed E-state index contributed by atoms with van der Waals surface area (Å²) >= 11 is 5.79. The first-order valence-corrected chi connectivity index (χ1v) is 8.64. The summed E-state index contributed by atoms with van der Waals surface area (Å²) in [5.41, 5.74) is 6.30. The Morgan fingerprint density at radius 2 is 1.73 bits per heavy atom. The molecule has 2 amide bonds. The lowest BCUT2D eigenvalue weighted by Crippen LogP contribution is -2.33. The topological polar surface area (TPSA) is 102 Å². The van der Waals surface area contributed by atoms with Gasteiger partial charge in [0, 0.05) is 17.1 Å². The lowest BCUT2D eigenvalue weighted by molar-refractivity contribution is -0.145. The normalized spacial score (nSPS) is 22.5. The Hall–Kier alpha value is -2.67. The monoisotopic (exact) mass is 375 g/mol. The largest absolute Gasteiger partial charge is 0.380 e. The van der Waals surface area contributed by atoms with Gasteiger partial charge in [0.2, 0.25) is 11.8 Å². The maximum atomic E-state index is 12.3. The molecule has 7 nitrogen and oxygen atoms in total. The fraction of sp³-hybridized carbons (Fsp3) is 0.333. The Morgan fingerprint density at radius 1 is 1.15 bits per heavy atom. The highest BCUT2D eigenvalue weighted by Crippen LogP contribution is 2.34. The van der Waals surface area contributed by atoms with E-state index in [1.165, 1.54) is 0 Å². The van der Waals surface area contributed by atoms with Gasteiger partial charge in [0.25, 0.3) is 0 Å². The molecule has 2 atom stereocenters. The molecule has 0 saturated carbocycles. The molecule has 1 aromatic rings. The average Bonchev–Trinajstić information content (AvgIpc) is 2.89. The van der Waals surface area contributed by atoms with E-state index in [9.17, 15) is 14.4 Å². The Kier molecular flexibility index (Phi) is 5.37.